The quantitative estimate of drug-likeness (QED) is 0.744. The van der Waals surface area contributed by atoms with Crippen molar-refractivity contribution in [1.82, 2.24) is 15.0 Å². The van der Waals surface area contributed by atoms with Gasteiger partial charge >= 0.3 is 12.1 Å². The predicted octanol–water partition coefficient (Wildman–Crippen LogP) is 3.21. The zero-order valence-electron chi connectivity index (χ0n) is 12.5. The van der Waals surface area contributed by atoms with Gasteiger partial charge in [0, 0.05) is 6.54 Å². The molecular formula is C15H15F3N4O2. The molecule has 2 aromatic rings. The summed E-state index contributed by atoms with van der Waals surface area (Å²) in [5.74, 6) is -2.82. The highest BCUT2D eigenvalue weighted by Crippen LogP contribution is 2.39. The summed E-state index contributed by atoms with van der Waals surface area (Å²) in [5.41, 5.74) is 0.267. The lowest BCUT2D eigenvalue weighted by Gasteiger charge is -2.30. The third-order valence-electron chi connectivity index (χ3n) is 4.17. The molecule has 2 aromatic heterocycles. The summed E-state index contributed by atoms with van der Waals surface area (Å²) in [7, 11) is 0. The third-order valence-corrected chi connectivity index (χ3v) is 4.17. The van der Waals surface area contributed by atoms with Gasteiger partial charge in [0.1, 0.15) is 23.5 Å². The topological polar surface area (TPSA) is 90.9 Å². The van der Waals surface area contributed by atoms with E-state index in [1.807, 2.05) is 0 Å². The normalized spacial score (nSPS) is 21.1. The van der Waals surface area contributed by atoms with Gasteiger partial charge in [-0.1, -0.05) is 12.2 Å². The summed E-state index contributed by atoms with van der Waals surface area (Å²) in [6.07, 6.45) is 0.602. The van der Waals surface area contributed by atoms with Crippen molar-refractivity contribution in [2.45, 2.75) is 19.0 Å². The molecule has 1 aliphatic rings. The molecule has 0 bridgehead atoms. The first-order chi connectivity index (χ1) is 11.4. The minimum Gasteiger partial charge on any atom is -0.477 e. The number of carboxylic acid groups (broad SMARTS) is 1. The van der Waals surface area contributed by atoms with Crippen LogP contribution in [0.2, 0.25) is 0 Å². The summed E-state index contributed by atoms with van der Waals surface area (Å²) in [5, 5.41) is 12.4. The van der Waals surface area contributed by atoms with Crippen LogP contribution in [0.15, 0.2) is 24.5 Å². The van der Waals surface area contributed by atoms with Crippen molar-refractivity contribution in [3.63, 3.8) is 0 Å². The molecule has 6 nitrogen and oxygen atoms in total. The molecule has 2 heterocycles. The van der Waals surface area contributed by atoms with Crippen LogP contribution in [0.5, 0.6) is 0 Å². The molecule has 0 unspecified atom stereocenters. The lowest BCUT2D eigenvalue weighted by molar-refractivity contribution is -0.187. The summed E-state index contributed by atoms with van der Waals surface area (Å²) in [4.78, 5) is 21.6. The zero-order valence-corrected chi connectivity index (χ0v) is 12.5. The molecule has 24 heavy (non-hydrogen) atoms. The fourth-order valence-corrected chi connectivity index (χ4v) is 2.92. The van der Waals surface area contributed by atoms with Crippen LogP contribution in [0, 0.1) is 11.8 Å². The van der Waals surface area contributed by atoms with Gasteiger partial charge in [0.05, 0.1) is 11.3 Å². The maximum Gasteiger partial charge on any atom is 0.392 e. The maximum absolute atomic E-state index is 13.1. The molecular weight excluding hydrogens is 325 g/mol. The first-order valence-corrected chi connectivity index (χ1v) is 7.39. The first kappa shape index (κ1) is 16.3. The summed E-state index contributed by atoms with van der Waals surface area (Å²) in [6, 6.07) is 1.36. The van der Waals surface area contributed by atoms with E-state index in [0.717, 1.165) is 0 Å². The van der Waals surface area contributed by atoms with Crippen molar-refractivity contribution in [1.29, 1.82) is 0 Å². The Morgan fingerprint density at radius 1 is 1.33 bits per heavy atom. The summed E-state index contributed by atoms with van der Waals surface area (Å²) >= 11 is 0. The van der Waals surface area contributed by atoms with Gasteiger partial charge in [0.2, 0.25) is 0 Å². The molecule has 0 aromatic carbocycles. The van der Waals surface area contributed by atoms with Crippen LogP contribution in [0.3, 0.4) is 0 Å². The highest BCUT2D eigenvalue weighted by Gasteiger charge is 2.44. The minimum atomic E-state index is -4.25. The molecule has 0 fully saturated rings. The molecule has 3 rings (SSSR count). The summed E-state index contributed by atoms with van der Waals surface area (Å²) in [6.45, 7) is 0.0915. The third kappa shape index (κ3) is 3.19. The molecule has 0 amide bonds. The van der Waals surface area contributed by atoms with Gasteiger partial charge in [-0.2, -0.15) is 13.2 Å². The first-order valence-electron chi connectivity index (χ1n) is 7.39. The van der Waals surface area contributed by atoms with Gasteiger partial charge in [-0.15, -0.1) is 0 Å². The number of rotatable bonds is 4. The Morgan fingerprint density at radius 2 is 2.08 bits per heavy atom. The van der Waals surface area contributed by atoms with Crippen LogP contribution in [-0.4, -0.2) is 38.7 Å². The highest BCUT2D eigenvalue weighted by molar-refractivity contribution is 5.96. The number of carbonyl (C=O) groups is 1. The molecule has 0 saturated carbocycles. The number of allylic oxidation sites excluding steroid dienone is 2. The number of carboxylic acids is 1. The molecule has 0 aliphatic heterocycles. The van der Waals surface area contributed by atoms with Crippen LogP contribution in [0.25, 0.3) is 11.0 Å². The number of fused-ring (bicyclic) bond motifs is 1. The Bertz CT molecular complexity index is 785. The second kappa shape index (κ2) is 6.14. The van der Waals surface area contributed by atoms with Crippen LogP contribution < -0.4 is 5.32 Å². The number of aromatic amines is 1. The number of aromatic carboxylic acids is 1. The number of nitrogens with zero attached hydrogens (tertiary/aromatic N) is 2. The monoisotopic (exact) mass is 340 g/mol. The van der Waals surface area contributed by atoms with Crippen molar-refractivity contribution >= 4 is 22.8 Å². The molecule has 128 valence electrons. The van der Waals surface area contributed by atoms with E-state index < -0.39 is 24.0 Å². The van der Waals surface area contributed by atoms with Crippen molar-refractivity contribution in [3.8, 4) is 0 Å². The van der Waals surface area contributed by atoms with Crippen molar-refractivity contribution in [2.75, 3.05) is 11.9 Å². The maximum atomic E-state index is 13.1. The number of hydrogen-bond acceptors (Lipinski definition) is 4. The van der Waals surface area contributed by atoms with Crippen molar-refractivity contribution in [3.05, 3.63) is 30.2 Å². The highest BCUT2D eigenvalue weighted by atomic mass is 19.4. The minimum absolute atomic E-state index is 0.0254. The standard InChI is InChI=1S/C15H15F3N4O2/c16-15(17,18)10-4-2-1-3-8(10)6-19-12-9-5-11(14(23)24)22-13(9)21-7-20-12/h1-2,5,7-8,10H,3-4,6H2,(H,23,24)(H2,19,20,21,22)/t8-,10+/m0/s1. The van der Waals surface area contributed by atoms with E-state index in [1.165, 1.54) is 12.4 Å². The second-order valence-electron chi connectivity index (χ2n) is 5.70. The number of nitrogens with one attached hydrogen (secondary N) is 2. The van der Waals surface area contributed by atoms with Gasteiger partial charge in [-0.05, 0) is 24.8 Å². The average Bonchev–Trinajstić information content (AvgIpc) is 2.97. The van der Waals surface area contributed by atoms with Crippen LogP contribution in [0.1, 0.15) is 23.3 Å². The van der Waals surface area contributed by atoms with E-state index in [2.05, 4.69) is 20.3 Å². The lowest BCUT2D eigenvalue weighted by Crippen LogP contribution is -2.35. The van der Waals surface area contributed by atoms with E-state index in [4.69, 9.17) is 5.11 Å². The Labute approximate surface area is 134 Å². The van der Waals surface area contributed by atoms with Crippen molar-refractivity contribution in [2.24, 2.45) is 11.8 Å². The van der Waals surface area contributed by atoms with E-state index in [1.54, 1.807) is 12.2 Å². The SMILES string of the molecule is O=C(O)c1cc2c(NC[C@@H]3CC=CC[C@H]3C(F)(F)F)ncnc2[nH]1. The number of H-pyrrole nitrogens is 1. The van der Waals surface area contributed by atoms with Crippen LogP contribution in [-0.2, 0) is 0 Å². The number of alkyl halides is 3. The van der Waals surface area contributed by atoms with Gasteiger partial charge in [-0.25, -0.2) is 14.8 Å². The Kier molecular flexibility index (Phi) is 4.16. The Balaban J connectivity index is 1.80. The van der Waals surface area contributed by atoms with Gasteiger partial charge in [0.25, 0.3) is 0 Å². The molecule has 0 radical (unpaired) electrons. The number of halogens is 3. The Hall–Kier alpha value is -2.58. The predicted molar refractivity (Wildman–Crippen MR) is 80.7 cm³/mol. The summed E-state index contributed by atoms with van der Waals surface area (Å²) < 4.78 is 39.3. The van der Waals surface area contributed by atoms with Gasteiger partial charge < -0.3 is 15.4 Å². The fraction of sp³-hybridized carbons (Fsp3) is 0.400. The number of aromatic nitrogens is 3. The van der Waals surface area contributed by atoms with E-state index >= 15 is 0 Å². The largest absolute Gasteiger partial charge is 0.477 e. The average molecular weight is 340 g/mol. The molecule has 1 aliphatic carbocycles. The van der Waals surface area contributed by atoms with E-state index in [9.17, 15) is 18.0 Å². The van der Waals surface area contributed by atoms with Gasteiger partial charge in [0.15, 0.2) is 0 Å². The van der Waals surface area contributed by atoms with E-state index in [0.29, 0.717) is 23.3 Å². The molecule has 2 atom stereocenters. The second-order valence-corrected chi connectivity index (χ2v) is 5.70. The number of anilines is 1. The number of hydrogen-bond donors (Lipinski definition) is 3. The van der Waals surface area contributed by atoms with Crippen LogP contribution >= 0.6 is 0 Å². The molecule has 0 saturated heterocycles. The van der Waals surface area contributed by atoms with Crippen LogP contribution in [0.4, 0.5) is 19.0 Å². The zero-order chi connectivity index (χ0) is 17.3. The smallest absolute Gasteiger partial charge is 0.392 e. The molecule has 0 spiro atoms. The molecule has 3 N–H and O–H groups in total. The van der Waals surface area contributed by atoms with E-state index in [-0.39, 0.29) is 18.7 Å². The Morgan fingerprint density at radius 3 is 2.79 bits per heavy atom. The van der Waals surface area contributed by atoms with Gasteiger partial charge in [-0.3, -0.25) is 0 Å². The fourth-order valence-electron chi connectivity index (χ4n) is 2.92. The lowest BCUT2D eigenvalue weighted by atomic mass is 9.82. The van der Waals surface area contributed by atoms with Crippen molar-refractivity contribution < 1.29 is 23.1 Å². The molecule has 9 heteroatoms.